The van der Waals surface area contributed by atoms with E-state index in [0.29, 0.717) is 24.6 Å². The molecular formula is C11H16N2O3. The Morgan fingerprint density at radius 2 is 2.50 bits per heavy atom. The third-order valence-corrected chi connectivity index (χ3v) is 2.74. The average Bonchev–Trinajstić information content (AvgIpc) is 2.84. The molecule has 1 fully saturated rings. The lowest BCUT2D eigenvalue weighted by atomic mass is 10.3. The van der Waals surface area contributed by atoms with Crippen molar-refractivity contribution in [2.45, 2.75) is 32.7 Å². The number of anilines is 1. The molecule has 1 N–H and O–H groups in total. The molecule has 88 valence electrons. The highest BCUT2D eigenvalue weighted by molar-refractivity contribution is 5.87. The monoisotopic (exact) mass is 224 g/mol. The maximum Gasteiger partial charge on any atom is 0.360 e. The van der Waals surface area contributed by atoms with E-state index in [1.807, 2.05) is 0 Å². The summed E-state index contributed by atoms with van der Waals surface area (Å²) in [6, 6.07) is 0.850. The predicted octanol–water partition coefficient (Wildman–Crippen LogP) is 2.06. The van der Waals surface area contributed by atoms with Gasteiger partial charge in [0.2, 0.25) is 0 Å². The molecule has 0 aliphatic heterocycles. The Hall–Kier alpha value is -1.52. The van der Waals surface area contributed by atoms with E-state index in [2.05, 4.69) is 17.2 Å². The molecule has 2 unspecified atom stereocenters. The second-order valence-electron chi connectivity index (χ2n) is 3.91. The van der Waals surface area contributed by atoms with E-state index in [1.54, 1.807) is 6.92 Å². The van der Waals surface area contributed by atoms with E-state index < -0.39 is 5.97 Å². The maximum atomic E-state index is 11.3. The Balaban J connectivity index is 1.90. The van der Waals surface area contributed by atoms with Crippen LogP contribution in [0, 0.1) is 5.92 Å². The molecule has 16 heavy (non-hydrogen) atoms. The van der Waals surface area contributed by atoms with Gasteiger partial charge in [0.05, 0.1) is 6.61 Å². The van der Waals surface area contributed by atoms with Crippen molar-refractivity contribution in [3.05, 3.63) is 12.0 Å². The van der Waals surface area contributed by atoms with Crippen molar-refractivity contribution >= 4 is 12.0 Å². The fraction of sp³-hybridized carbons (Fsp3) is 0.636. The number of nitrogens with zero attached hydrogens (tertiary/aromatic N) is 1. The first-order valence-corrected chi connectivity index (χ1v) is 5.63. The van der Waals surface area contributed by atoms with Crippen LogP contribution >= 0.6 is 0 Å². The number of carbonyl (C=O) groups is 1. The van der Waals surface area contributed by atoms with Gasteiger partial charge in [0.25, 0.3) is 6.01 Å². The predicted molar refractivity (Wildman–Crippen MR) is 58.3 cm³/mol. The first-order chi connectivity index (χ1) is 7.74. The minimum atomic E-state index is -0.442. The zero-order valence-corrected chi connectivity index (χ0v) is 9.53. The van der Waals surface area contributed by atoms with Crippen LogP contribution in [0.25, 0.3) is 0 Å². The molecule has 1 aliphatic rings. The molecule has 2 atom stereocenters. The van der Waals surface area contributed by atoms with Crippen molar-refractivity contribution in [3.63, 3.8) is 0 Å². The SMILES string of the molecule is CCOC(=O)c1coc(NC2CC2CC)n1. The Morgan fingerprint density at radius 3 is 3.12 bits per heavy atom. The van der Waals surface area contributed by atoms with Gasteiger partial charge in [-0.15, -0.1) is 0 Å². The summed E-state index contributed by atoms with van der Waals surface area (Å²) in [7, 11) is 0. The molecule has 1 aliphatic carbocycles. The molecule has 0 bridgehead atoms. The van der Waals surface area contributed by atoms with Crippen LogP contribution in [-0.2, 0) is 4.74 Å². The fourth-order valence-electron chi connectivity index (χ4n) is 1.67. The number of aromatic nitrogens is 1. The standard InChI is InChI=1S/C11H16N2O3/c1-3-7-5-8(7)12-11-13-9(6-16-11)10(14)15-4-2/h6-8H,3-5H2,1-2H3,(H,12,13). The molecule has 5 heteroatoms. The number of rotatable bonds is 5. The highest BCUT2D eigenvalue weighted by atomic mass is 16.5. The maximum absolute atomic E-state index is 11.3. The van der Waals surface area contributed by atoms with Crippen LogP contribution in [0.5, 0.6) is 0 Å². The lowest BCUT2D eigenvalue weighted by Crippen LogP contribution is -2.07. The summed E-state index contributed by atoms with van der Waals surface area (Å²) in [6.45, 7) is 4.26. The Bertz CT molecular complexity index is 375. The van der Waals surface area contributed by atoms with E-state index in [0.717, 1.165) is 12.8 Å². The molecule has 1 aromatic rings. The normalized spacial score (nSPS) is 22.9. The first kappa shape index (κ1) is 11.0. The quantitative estimate of drug-likeness (QED) is 0.775. The van der Waals surface area contributed by atoms with Crippen molar-refractivity contribution in [1.29, 1.82) is 0 Å². The van der Waals surface area contributed by atoms with E-state index in [4.69, 9.17) is 9.15 Å². The summed E-state index contributed by atoms with van der Waals surface area (Å²) in [5.41, 5.74) is 0.220. The highest BCUT2D eigenvalue weighted by Gasteiger charge is 2.36. The number of hydrogen-bond acceptors (Lipinski definition) is 5. The number of esters is 1. The summed E-state index contributed by atoms with van der Waals surface area (Å²) in [5.74, 6) is 0.264. The lowest BCUT2D eigenvalue weighted by molar-refractivity contribution is 0.0519. The van der Waals surface area contributed by atoms with Crippen molar-refractivity contribution in [2.24, 2.45) is 5.92 Å². The van der Waals surface area contributed by atoms with Crippen LogP contribution in [0.15, 0.2) is 10.7 Å². The van der Waals surface area contributed by atoms with Crippen LogP contribution in [-0.4, -0.2) is 23.6 Å². The molecular weight excluding hydrogens is 208 g/mol. The van der Waals surface area contributed by atoms with Crippen LogP contribution in [0.1, 0.15) is 37.2 Å². The molecule has 1 heterocycles. The zero-order chi connectivity index (χ0) is 11.5. The summed E-state index contributed by atoms with van der Waals surface area (Å²) in [5, 5.41) is 3.15. The third kappa shape index (κ3) is 2.35. The largest absolute Gasteiger partial charge is 0.461 e. The van der Waals surface area contributed by atoms with E-state index in [1.165, 1.54) is 6.26 Å². The molecule has 1 aromatic heterocycles. The molecule has 0 saturated heterocycles. The zero-order valence-electron chi connectivity index (χ0n) is 9.53. The summed E-state index contributed by atoms with van der Waals surface area (Å²) in [6.07, 6.45) is 3.63. The minimum Gasteiger partial charge on any atom is -0.461 e. The smallest absolute Gasteiger partial charge is 0.360 e. The number of oxazole rings is 1. The Morgan fingerprint density at radius 1 is 1.69 bits per heavy atom. The summed E-state index contributed by atoms with van der Waals surface area (Å²) in [4.78, 5) is 15.3. The highest BCUT2D eigenvalue weighted by Crippen LogP contribution is 2.35. The summed E-state index contributed by atoms with van der Waals surface area (Å²) < 4.78 is 9.97. The van der Waals surface area contributed by atoms with E-state index in [9.17, 15) is 4.79 Å². The van der Waals surface area contributed by atoms with Crippen molar-refractivity contribution in [2.75, 3.05) is 11.9 Å². The Labute approximate surface area is 94.2 Å². The van der Waals surface area contributed by atoms with Crippen LogP contribution in [0.3, 0.4) is 0 Å². The van der Waals surface area contributed by atoms with Gasteiger partial charge >= 0.3 is 5.97 Å². The third-order valence-electron chi connectivity index (χ3n) is 2.74. The van der Waals surface area contributed by atoms with Gasteiger partial charge in [-0.2, -0.15) is 4.98 Å². The fourth-order valence-corrected chi connectivity index (χ4v) is 1.67. The molecule has 2 rings (SSSR count). The lowest BCUT2D eigenvalue weighted by Gasteiger charge is -1.98. The Kier molecular flexibility index (Phi) is 3.12. The minimum absolute atomic E-state index is 0.220. The van der Waals surface area contributed by atoms with Gasteiger partial charge in [-0.25, -0.2) is 4.79 Å². The first-order valence-electron chi connectivity index (χ1n) is 5.63. The van der Waals surface area contributed by atoms with Crippen molar-refractivity contribution < 1.29 is 13.9 Å². The van der Waals surface area contributed by atoms with E-state index in [-0.39, 0.29) is 5.69 Å². The number of ether oxygens (including phenoxy) is 1. The van der Waals surface area contributed by atoms with Gasteiger partial charge in [-0.1, -0.05) is 13.3 Å². The second kappa shape index (κ2) is 4.55. The van der Waals surface area contributed by atoms with Gasteiger partial charge in [-0.05, 0) is 19.3 Å². The molecule has 0 spiro atoms. The van der Waals surface area contributed by atoms with Gasteiger partial charge in [-0.3, -0.25) is 0 Å². The van der Waals surface area contributed by atoms with Crippen LogP contribution < -0.4 is 5.32 Å². The van der Waals surface area contributed by atoms with Gasteiger partial charge in [0.1, 0.15) is 6.26 Å². The summed E-state index contributed by atoms with van der Waals surface area (Å²) >= 11 is 0. The number of nitrogens with one attached hydrogen (secondary N) is 1. The van der Waals surface area contributed by atoms with Crippen LogP contribution in [0.2, 0.25) is 0 Å². The topological polar surface area (TPSA) is 64.4 Å². The molecule has 0 radical (unpaired) electrons. The molecule has 5 nitrogen and oxygen atoms in total. The van der Waals surface area contributed by atoms with Crippen molar-refractivity contribution in [3.8, 4) is 0 Å². The van der Waals surface area contributed by atoms with Crippen molar-refractivity contribution in [1.82, 2.24) is 4.98 Å². The van der Waals surface area contributed by atoms with E-state index >= 15 is 0 Å². The average molecular weight is 224 g/mol. The van der Waals surface area contributed by atoms with Gasteiger partial charge < -0.3 is 14.5 Å². The molecule has 1 saturated carbocycles. The molecule has 0 aromatic carbocycles. The number of hydrogen-bond donors (Lipinski definition) is 1. The second-order valence-corrected chi connectivity index (χ2v) is 3.91. The van der Waals surface area contributed by atoms with Gasteiger partial charge in [0.15, 0.2) is 5.69 Å². The number of carbonyl (C=O) groups excluding carboxylic acids is 1. The van der Waals surface area contributed by atoms with Gasteiger partial charge in [0, 0.05) is 6.04 Å². The van der Waals surface area contributed by atoms with Crippen LogP contribution in [0.4, 0.5) is 6.01 Å². The molecule has 0 amide bonds.